The Bertz CT molecular complexity index is 560. The van der Waals surface area contributed by atoms with Gasteiger partial charge in [0.1, 0.15) is 15.8 Å². The molecule has 0 saturated heterocycles. The summed E-state index contributed by atoms with van der Waals surface area (Å²) in [5, 5.41) is 3.96. The van der Waals surface area contributed by atoms with Gasteiger partial charge in [-0.15, -0.1) is 11.3 Å². The Labute approximate surface area is 110 Å². The van der Waals surface area contributed by atoms with E-state index in [0.29, 0.717) is 17.0 Å². The van der Waals surface area contributed by atoms with E-state index < -0.39 is 0 Å². The van der Waals surface area contributed by atoms with Crippen LogP contribution in [0.15, 0.2) is 5.38 Å². The van der Waals surface area contributed by atoms with Crippen molar-refractivity contribution in [3.05, 3.63) is 21.9 Å². The summed E-state index contributed by atoms with van der Waals surface area (Å²) < 4.78 is 0. The molecule has 2 aromatic heterocycles. The second-order valence-corrected chi connectivity index (χ2v) is 6.04. The minimum Gasteiger partial charge on any atom is -0.222 e. The second-order valence-electron chi connectivity index (χ2n) is 4.83. The molecule has 2 heterocycles. The fourth-order valence-electron chi connectivity index (χ4n) is 2.03. The molecule has 2 nitrogen and oxygen atoms in total. The molecule has 0 aliphatic heterocycles. The van der Waals surface area contributed by atoms with Gasteiger partial charge in [0.15, 0.2) is 0 Å². The van der Waals surface area contributed by atoms with E-state index in [2.05, 4.69) is 29.2 Å². The second kappa shape index (κ2) is 4.21. The predicted octanol–water partition coefficient (Wildman–Crippen LogP) is 4.74. The number of aromatic nitrogens is 2. The fourth-order valence-corrected chi connectivity index (χ4v) is 3.40. The Balaban J connectivity index is 2.14. The Morgan fingerprint density at radius 3 is 2.88 bits per heavy atom. The van der Waals surface area contributed by atoms with Crippen LogP contribution in [0.1, 0.15) is 56.3 Å². The minimum absolute atomic E-state index is 0.378. The Morgan fingerprint density at radius 1 is 1.47 bits per heavy atom. The number of fused-ring (bicyclic) bond motifs is 1. The van der Waals surface area contributed by atoms with Crippen LogP contribution in [0.5, 0.6) is 0 Å². The van der Waals surface area contributed by atoms with Crippen LogP contribution in [-0.2, 0) is 0 Å². The molecule has 1 unspecified atom stereocenters. The van der Waals surface area contributed by atoms with Crippen LogP contribution in [0.2, 0.25) is 5.15 Å². The monoisotopic (exact) mass is 266 g/mol. The molecule has 4 heteroatoms. The van der Waals surface area contributed by atoms with Gasteiger partial charge in [0.2, 0.25) is 0 Å². The van der Waals surface area contributed by atoms with Crippen molar-refractivity contribution in [1.29, 1.82) is 0 Å². The van der Waals surface area contributed by atoms with Crippen molar-refractivity contribution < 1.29 is 0 Å². The Kier molecular flexibility index (Phi) is 2.83. The molecule has 0 radical (unpaired) electrons. The van der Waals surface area contributed by atoms with E-state index in [0.717, 1.165) is 22.5 Å². The molecule has 17 heavy (non-hydrogen) atoms. The predicted molar refractivity (Wildman–Crippen MR) is 73.1 cm³/mol. The quantitative estimate of drug-likeness (QED) is 0.750. The summed E-state index contributed by atoms with van der Waals surface area (Å²) in [5.41, 5.74) is 1.37. The minimum atomic E-state index is 0.378. The molecule has 1 aliphatic rings. The smallest absolute Gasteiger partial charge is 0.141 e. The molecule has 1 saturated carbocycles. The van der Waals surface area contributed by atoms with E-state index >= 15 is 0 Å². The molecule has 0 spiro atoms. The highest BCUT2D eigenvalue weighted by molar-refractivity contribution is 7.17. The third-order valence-electron chi connectivity index (χ3n) is 3.51. The normalized spacial score (nSPS) is 17.6. The van der Waals surface area contributed by atoms with E-state index in [4.69, 9.17) is 11.6 Å². The highest BCUT2D eigenvalue weighted by Crippen LogP contribution is 2.46. The van der Waals surface area contributed by atoms with E-state index in [1.807, 2.05) is 0 Å². The summed E-state index contributed by atoms with van der Waals surface area (Å²) in [6.07, 6.45) is 3.62. The lowest BCUT2D eigenvalue weighted by atomic mass is 10.1. The number of hydrogen-bond acceptors (Lipinski definition) is 3. The van der Waals surface area contributed by atoms with Crippen LogP contribution >= 0.6 is 22.9 Å². The zero-order valence-corrected chi connectivity index (χ0v) is 11.6. The van der Waals surface area contributed by atoms with Crippen molar-refractivity contribution in [1.82, 2.24) is 9.97 Å². The molecule has 3 rings (SSSR count). The van der Waals surface area contributed by atoms with Crippen LogP contribution in [0, 0.1) is 0 Å². The van der Waals surface area contributed by atoms with Crippen LogP contribution in [0.4, 0.5) is 0 Å². The first-order valence-corrected chi connectivity index (χ1v) is 7.41. The van der Waals surface area contributed by atoms with Gasteiger partial charge in [-0.2, -0.15) is 0 Å². The number of thiophene rings is 1. The molecular formula is C13H15ClN2S. The van der Waals surface area contributed by atoms with Crippen molar-refractivity contribution in [2.75, 3.05) is 0 Å². The average Bonchev–Trinajstić information content (AvgIpc) is 3.08. The Hall–Kier alpha value is -0.670. The Morgan fingerprint density at radius 2 is 2.24 bits per heavy atom. The van der Waals surface area contributed by atoms with Gasteiger partial charge in [-0.1, -0.05) is 25.4 Å². The lowest BCUT2D eigenvalue weighted by Gasteiger charge is -2.07. The van der Waals surface area contributed by atoms with Gasteiger partial charge in [-0.25, -0.2) is 9.97 Å². The lowest BCUT2D eigenvalue weighted by molar-refractivity contribution is 0.684. The molecule has 0 bridgehead atoms. The highest BCUT2D eigenvalue weighted by Gasteiger charge is 2.28. The maximum absolute atomic E-state index is 6.34. The van der Waals surface area contributed by atoms with Gasteiger partial charge in [0.05, 0.1) is 5.39 Å². The molecule has 0 amide bonds. The maximum Gasteiger partial charge on any atom is 0.141 e. The first kappa shape index (κ1) is 11.4. The van der Waals surface area contributed by atoms with Crippen LogP contribution in [-0.4, -0.2) is 9.97 Å². The standard InChI is InChI=1S/C13H15ClN2S/c1-3-7(2)12-15-11(14)10-9(8-4-5-8)6-17-13(10)16-12/h6-8H,3-5H2,1-2H3. The molecule has 0 aromatic carbocycles. The van der Waals surface area contributed by atoms with Gasteiger partial charge in [0, 0.05) is 5.92 Å². The van der Waals surface area contributed by atoms with E-state index in [-0.39, 0.29) is 0 Å². The third kappa shape index (κ3) is 1.95. The average molecular weight is 267 g/mol. The molecule has 1 fully saturated rings. The molecule has 90 valence electrons. The molecule has 1 atom stereocenters. The van der Waals surface area contributed by atoms with Crippen LogP contribution in [0.3, 0.4) is 0 Å². The molecule has 2 aromatic rings. The zero-order chi connectivity index (χ0) is 12.0. The first-order chi connectivity index (χ1) is 8.20. The van der Waals surface area contributed by atoms with E-state index in [1.165, 1.54) is 18.4 Å². The number of halogens is 1. The van der Waals surface area contributed by atoms with Gasteiger partial charge in [-0.05, 0) is 36.1 Å². The third-order valence-corrected chi connectivity index (χ3v) is 4.67. The zero-order valence-electron chi connectivity index (χ0n) is 10.0. The van der Waals surface area contributed by atoms with Crippen LogP contribution in [0.25, 0.3) is 10.2 Å². The first-order valence-electron chi connectivity index (χ1n) is 6.15. The summed E-state index contributed by atoms with van der Waals surface area (Å²) in [5.74, 6) is 1.97. The summed E-state index contributed by atoms with van der Waals surface area (Å²) in [4.78, 5) is 10.2. The van der Waals surface area contributed by atoms with E-state index in [1.54, 1.807) is 11.3 Å². The SMILES string of the molecule is CCC(C)c1nc(Cl)c2c(C3CC3)csc2n1. The van der Waals surface area contributed by atoms with Gasteiger partial charge in [-0.3, -0.25) is 0 Å². The molecular weight excluding hydrogens is 252 g/mol. The van der Waals surface area contributed by atoms with Crippen LogP contribution < -0.4 is 0 Å². The van der Waals surface area contributed by atoms with E-state index in [9.17, 15) is 0 Å². The summed E-state index contributed by atoms with van der Waals surface area (Å²) in [6, 6.07) is 0. The number of hydrogen-bond donors (Lipinski definition) is 0. The number of nitrogens with zero attached hydrogens (tertiary/aromatic N) is 2. The largest absolute Gasteiger partial charge is 0.222 e. The fraction of sp³-hybridized carbons (Fsp3) is 0.538. The molecule has 0 N–H and O–H groups in total. The van der Waals surface area contributed by atoms with Crippen molar-refractivity contribution in [3.8, 4) is 0 Å². The van der Waals surface area contributed by atoms with Crippen molar-refractivity contribution >= 4 is 33.2 Å². The summed E-state index contributed by atoms with van der Waals surface area (Å²) >= 11 is 8.04. The van der Waals surface area contributed by atoms with Crippen molar-refractivity contribution in [2.45, 2.75) is 44.9 Å². The lowest BCUT2D eigenvalue weighted by Crippen LogP contribution is -2.00. The number of rotatable bonds is 3. The van der Waals surface area contributed by atoms with Gasteiger partial charge >= 0.3 is 0 Å². The van der Waals surface area contributed by atoms with Gasteiger partial charge in [0.25, 0.3) is 0 Å². The maximum atomic E-state index is 6.34. The summed E-state index contributed by atoms with van der Waals surface area (Å²) in [6.45, 7) is 4.29. The molecule has 1 aliphatic carbocycles. The van der Waals surface area contributed by atoms with Crippen molar-refractivity contribution in [3.63, 3.8) is 0 Å². The highest BCUT2D eigenvalue weighted by atomic mass is 35.5. The topological polar surface area (TPSA) is 25.8 Å². The summed E-state index contributed by atoms with van der Waals surface area (Å²) in [7, 11) is 0. The van der Waals surface area contributed by atoms with Crippen molar-refractivity contribution in [2.24, 2.45) is 0 Å². The van der Waals surface area contributed by atoms with Gasteiger partial charge < -0.3 is 0 Å².